The van der Waals surface area contributed by atoms with Gasteiger partial charge in [0.05, 0.1) is 18.2 Å². The summed E-state index contributed by atoms with van der Waals surface area (Å²) in [6, 6.07) is 3.35. The van der Waals surface area contributed by atoms with Crippen molar-refractivity contribution >= 4 is 10.0 Å². The van der Waals surface area contributed by atoms with Gasteiger partial charge in [-0.05, 0) is 13.0 Å². The lowest BCUT2D eigenvalue weighted by atomic mass is 10.2. The van der Waals surface area contributed by atoms with E-state index in [1.165, 1.54) is 16.9 Å². The largest absolute Gasteiger partial charge is 0.257 e. The Morgan fingerprint density at radius 1 is 1.73 bits per heavy atom. The molecule has 82 valence electrons. The molecule has 1 N–H and O–H groups in total. The maximum Gasteiger partial charge on any atom is 0.257 e. The molecule has 0 amide bonds. The summed E-state index contributed by atoms with van der Waals surface area (Å²) < 4.78 is 26.9. The van der Waals surface area contributed by atoms with Crippen LogP contribution in [0.3, 0.4) is 0 Å². The standard InChI is InChI=1S/C8H12N4O2S/c1-7(5-9)6-11-15(13,14)8-3-4-10-12(8)2/h3-4,7,11H,6H2,1-2H3. The zero-order valence-corrected chi connectivity index (χ0v) is 9.32. The molecule has 0 saturated heterocycles. The molecule has 0 bridgehead atoms. The Balaban J connectivity index is 2.78. The third-order valence-electron chi connectivity index (χ3n) is 1.85. The van der Waals surface area contributed by atoms with Gasteiger partial charge in [0.2, 0.25) is 0 Å². The number of hydrogen-bond donors (Lipinski definition) is 1. The van der Waals surface area contributed by atoms with Gasteiger partial charge >= 0.3 is 0 Å². The van der Waals surface area contributed by atoms with E-state index < -0.39 is 10.0 Å². The van der Waals surface area contributed by atoms with Crippen molar-refractivity contribution in [1.29, 1.82) is 5.26 Å². The summed E-state index contributed by atoms with van der Waals surface area (Å²) in [5.74, 6) is -0.354. The summed E-state index contributed by atoms with van der Waals surface area (Å²) in [6.45, 7) is 1.75. The second kappa shape index (κ2) is 4.42. The Labute approximate surface area is 88.6 Å². The third kappa shape index (κ3) is 2.78. The van der Waals surface area contributed by atoms with Crippen molar-refractivity contribution in [2.75, 3.05) is 6.54 Å². The molecular weight excluding hydrogens is 216 g/mol. The molecule has 0 saturated carbocycles. The Morgan fingerprint density at radius 2 is 2.40 bits per heavy atom. The molecule has 1 heterocycles. The van der Waals surface area contributed by atoms with E-state index in [0.29, 0.717) is 0 Å². The molecule has 1 rings (SSSR count). The van der Waals surface area contributed by atoms with Gasteiger partial charge in [-0.2, -0.15) is 10.4 Å². The minimum Gasteiger partial charge on any atom is -0.256 e. The number of nitrogens with zero attached hydrogens (tertiary/aromatic N) is 3. The zero-order chi connectivity index (χ0) is 11.5. The van der Waals surface area contributed by atoms with E-state index in [9.17, 15) is 8.42 Å². The van der Waals surface area contributed by atoms with Crippen molar-refractivity contribution in [2.24, 2.45) is 13.0 Å². The molecule has 0 spiro atoms. The van der Waals surface area contributed by atoms with E-state index in [1.54, 1.807) is 14.0 Å². The van der Waals surface area contributed by atoms with Crippen molar-refractivity contribution in [3.8, 4) is 6.07 Å². The molecule has 7 heteroatoms. The van der Waals surface area contributed by atoms with Crippen LogP contribution in [-0.4, -0.2) is 24.7 Å². The van der Waals surface area contributed by atoms with Gasteiger partial charge in [-0.15, -0.1) is 0 Å². The molecule has 0 radical (unpaired) electrons. The number of rotatable bonds is 4. The maximum absolute atomic E-state index is 11.7. The van der Waals surface area contributed by atoms with Crippen LogP contribution in [-0.2, 0) is 17.1 Å². The summed E-state index contributed by atoms with van der Waals surface area (Å²) in [7, 11) is -2.01. The number of sulfonamides is 1. The topological polar surface area (TPSA) is 87.8 Å². The van der Waals surface area contributed by atoms with E-state index in [0.717, 1.165) is 0 Å². The van der Waals surface area contributed by atoms with Crippen molar-refractivity contribution in [2.45, 2.75) is 11.9 Å². The zero-order valence-electron chi connectivity index (χ0n) is 8.51. The molecule has 1 unspecified atom stereocenters. The van der Waals surface area contributed by atoms with E-state index >= 15 is 0 Å². The number of nitrogens with one attached hydrogen (secondary N) is 1. The van der Waals surface area contributed by atoms with Crippen molar-refractivity contribution < 1.29 is 8.42 Å². The lowest BCUT2D eigenvalue weighted by Gasteiger charge is -2.07. The summed E-state index contributed by atoms with van der Waals surface area (Å²) in [5.41, 5.74) is 0. The summed E-state index contributed by atoms with van der Waals surface area (Å²) >= 11 is 0. The second-order valence-corrected chi connectivity index (χ2v) is 4.89. The molecule has 1 aromatic heterocycles. The first-order chi connectivity index (χ1) is 6.97. The smallest absolute Gasteiger partial charge is 0.256 e. The van der Waals surface area contributed by atoms with Gasteiger partial charge in [0.1, 0.15) is 0 Å². The summed E-state index contributed by atoms with van der Waals surface area (Å²) in [5, 5.41) is 12.4. The average molecular weight is 228 g/mol. The highest BCUT2D eigenvalue weighted by atomic mass is 32.2. The second-order valence-electron chi connectivity index (χ2n) is 3.18. The number of aryl methyl sites for hydroxylation is 1. The van der Waals surface area contributed by atoms with Crippen LogP contribution < -0.4 is 4.72 Å². The first-order valence-electron chi connectivity index (χ1n) is 4.34. The van der Waals surface area contributed by atoms with E-state index in [1.807, 2.05) is 6.07 Å². The molecule has 1 aromatic rings. The van der Waals surface area contributed by atoms with Gasteiger partial charge in [-0.1, -0.05) is 0 Å². The highest BCUT2D eigenvalue weighted by Gasteiger charge is 2.18. The monoisotopic (exact) mass is 228 g/mol. The van der Waals surface area contributed by atoms with Crippen LogP contribution in [0.25, 0.3) is 0 Å². The van der Waals surface area contributed by atoms with Crippen LogP contribution in [0.2, 0.25) is 0 Å². The lowest BCUT2D eigenvalue weighted by Crippen LogP contribution is -2.29. The van der Waals surface area contributed by atoms with Gasteiger partial charge in [0, 0.05) is 13.6 Å². The van der Waals surface area contributed by atoms with Gasteiger partial charge in [-0.25, -0.2) is 13.1 Å². The highest BCUT2D eigenvalue weighted by Crippen LogP contribution is 2.05. The fraction of sp³-hybridized carbons (Fsp3) is 0.500. The lowest BCUT2D eigenvalue weighted by molar-refractivity contribution is 0.556. The minimum atomic E-state index is -3.55. The molecule has 0 aliphatic heterocycles. The minimum absolute atomic E-state index is 0.0904. The molecule has 1 atom stereocenters. The number of hydrogen-bond acceptors (Lipinski definition) is 4. The Kier molecular flexibility index (Phi) is 3.44. The van der Waals surface area contributed by atoms with Crippen LogP contribution in [0.15, 0.2) is 17.3 Å². The SMILES string of the molecule is CC(C#N)CNS(=O)(=O)c1ccnn1C. The van der Waals surface area contributed by atoms with E-state index in [-0.39, 0.29) is 17.5 Å². The fourth-order valence-corrected chi connectivity index (χ4v) is 2.23. The number of nitriles is 1. The van der Waals surface area contributed by atoms with E-state index in [4.69, 9.17) is 5.26 Å². The fourth-order valence-electron chi connectivity index (χ4n) is 0.980. The van der Waals surface area contributed by atoms with Crippen molar-refractivity contribution in [1.82, 2.24) is 14.5 Å². The van der Waals surface area contributed by atoms with Crippen LogP contribution in [0.5, 0.6) is 0 Å². The van der Waals surface area contributed by atoms with Crippen molar-refractivity contribution in [3.05, 3.63) is 12.3 Å². The first-order valence-corrected chi connectivity index (χ1v) is 5.83. The molecule has 0 aromatic carbocycles. The molecule has 0 aliphatic rings. The normalized spacial score (nSPS) is 13.4. The Morgan fingerprint density at radius 3 is 2.87 bits per heavy atom. The van der Waals surface area contributed by atoms with Gasteiger partial charge in [0.15, 0.2) is 5.03 Å². The summed E-state index contributed by atoms with van der Waals surface area (Å²) in [6.07, 6.45) is 1.41. The first kappa shape index (κ1) is 11.7. The molecular formula is C8H12N4O2S. The average Bonchev–Trinajstić information content (AvgIpc) is 2.61. The number of aromatic nitrogens is 2. The van der Waals surface area contributed by atoms with Crippen LogP contribution in [0.1, 0.15) is 6.92 Å². The van der Waals surface area contributed by atoms with Crippen LogP contribution in [0.4, 0.5) is 0 Å². The summed E-state index contributed by atoms with van der Waals surface area (Å²) in [4.78, 5) is 0. The molecule has 6 nitrogen and oxygen atoms in total. The third-order valence-corrected chi connectivity index (χ3v) is 3.35. The molecule has 0 aliphatic carbocycles. The molecule has 15 heavy (non-hydrogen) atoms. The maximum atomic E-state index is 11.7. The van der Waals surface area contributed by atoms with Crippen molar-refractivity contribution in [3.63, 3.8) is 0 Å². The van der Waals surface area contributed by atoms with Gasteiger partial charge < -0.3 is 0 Å². The predicted octanol–water partition coefficient (Wildman–Crippen LogP) is -0.142. The van der Waals surface area contributed by atoms with E-state index in [2.05, 4.69) is 9.82 Å². The van der Waals surface area contributed by atoms with Gasteiger partial charge in [-0.3, -0.25) is 4.68 Å². The Hall–Kier alpha value is -1.39. The molecule has 0 fully saturated rings. The Bertz CT molecular complexity index is 471. The van der Waals surface area contributed by atoms with Gasteiger partial charge in [0.25, 0.3) is 10.0 Å². The predicted molar refractivity (Wildman–Crippen MR) is 53.2 cm³/mol. The van der Waals surface area contributed by atoms with Crippen LogP contribution >= 0.6 is 0 Å². The highest BCUT2D eigenvalue weighted by molar-refractivity contribution is 7.89. The quantitative estimate of drug-likeness (QED) is 0.776. The van der Waals surface area contributed by atoms with Crippen LogP contribution in [0, 0.1) is 17.2 Å².